The summed E-state index contributed by atoms with van der Waals surface area (Å²) < 4.78 is 0. The number of hydrogen-bond acceptors (Lipinski definition) is 0. The van der Waals surface area contributed by atoms with Crippen molar-refractivity contribution < 1.29 is 17.0 Å². The van der Waals surface area contributed by atoms with Gasteiger partial charge in [-0.3, -0.25) is 0 Å². The molecule has 1 aromatic rings. The summed E-state index contributed by atoms with van der Waals surface area (Å²) in [6.07, 6.45) is 0. The molecule has 0 nitrogen and oxygen atoms in total. The third-order valence-corrected chi connectivity index (χ3v) is 1.41. The quantitative estimate of drug-likeness (QED) is 0.399. The number of halogens is 2. The fourth-order valence-electron chi connectivity index (χ4n) is 0.500. The van der Waals surface area contributed by atoms with Crippen LogP contribution in [0.25, 0.3) is 0 Å². The molecule has 0 N–H and O–H groups in total. The Morgan fingerprint density at radius 2 is 2.10 bits per heavy atom. The van der Waals surface area contributed by atoms with E-state index in [9.17, 15) is 0 Å². The molecule has 50 valence electrons. The molecule has 0 saturated heterocycles. The normalized spacial score (nSPS) is 7.40. The second-order valence-electron chi connectivity index (χ2n) is 1.64. The first-order chi connectivity index (χ1) is 3.80. The summed E-state index contributed by atoms with van der Waals surface area (Å²) in [7, 11) is 0. The zero-order valence-corrected chi connectivity index (χ0v) is 9.45. The van der Waals surface area contributed by atoms with E-state index in [0.717, 1.165) is 10.6 Å². The molecule has 0 aliphatic rings. The van der Waals surface area contributed by atoms with Crippen LogP contribution in [0.4, 0.5) is 0 Å². The smallest absolute Gasteiger partial charge is 1.00 e. The number of benzene rings is 1. The van der Waals surface area contributed by atoms with Crippen LogP contribution in [0, 0.1) is 13.0 Å². The van der Waals surface area contributed by atoms with Crippen molar-refractivity contribution in [2.45, 2.75) is 6.92 Å². The van der Waals surface area contributed by atoms with E-state index in [0.29, 0.717) is 0 Å². The van der Waals surface area contributed by atoms with E-state index < -0.39 is 0 Å². The zero-order valence-electron chi connectivity index (χ0n) is 5.70. The van der Waals surface area contributed by atoms with Gasteiger partial charge in [0.15, 0.2) is 0 Å². The van der Waals surface area contributed by atoms with Crippen LogP contribution in [0.2, 0.25) is 5.02 Å². The van der Waals surface area contributed by atoms with Crippen LogP contribution in [-0.2, 0) is 0 Å². The van der Waals surface area contributed by atoms with Gasteiger partial charge in [0.2, 0.25) is 0 Å². The van der Waals surface area contributed by atoms with Crippen molar-refractivity contribution in [3.8, 4) is 0 Å². The van der Waals surface area contributed by atoms with Crippen LogP contribution < -0.4 is 17.0 Å². The van der Waals surface area contributed by atoms with E-state index in [-0.39, 0.29) is 40.0 Å². The molecule has 0 amide bonds. The summed E-state index contributed by atoms with van der Waals surface area (Å²) in [6, 6.07) is 8.54. The Balaban J connectivity index is 0. The SMILES string of the molecule is Cc1[c-]cccc1Cl.[Br-].[Mg+2]. The maximum atomic E-state index is 5.68. The van der Waals surface area contributed by atoms with Gasteiger partial charge in [0, 0.05) is 0 Å². The second-order valence-corrected chi connectivity index (χ2v) is 2.05. The minimum Gasteiger partial charge on any atom is -1.00 e. The van der Waals surface area contributed by atoms with Gasteiger partial charge >= 0.3 is 23.1 Å². The topological polar surface area (TPSA) is 0 Å². The third-order valence-electron chi connectivity index (χ3n) is 0.997. The van der Waals surface area contributed by atoms with Gasteiger partial charge < -0.3 is 17.0 Å². The summed E-state index contributed by atoms with van der Waals surface area (Å²) in [5.41, 5.74) is 1.01. The minimum atomic E-state index is 0. The monoisotopic (exact) mass is 228 g/mol. The maximum Gasteiger partial charge on any atom is 2.00 e. The fourth-order valence-corrected chi connectivity index (χ4v) is 0.627. The average molecular weight is 230 g/mol. The summed E-state index contributed by atoms with van der Waals surface area (Å²) in [6.45, 7) is 1.93. The van der Waals surface area contributed by atoms with Crippen molar-refractivity contribution in [3.63, 3.8) is 0 Å². The minimum absolute atomic E-state index is 0. The molecule has 0 unspecified atom stereocenters. The van der Waals surface area contributed by atoms with E-state index in [1.807, 2.05) is 25.1 Å². The average Bonchev–Trinajstić information content (AvgIpc) is 1.77. The first kappa shape index (κ1) is 13.4. The summed E-state index contributed by atoms with van der Waals surface area (Å²) in [4.78, 5) is 0. The molecule has 0 radical (unpaired) electrons. The van der Waals surface area contributed by atoms with Crippen LogP contribution in [0.5, 0.6) is 0 Å². The van der Waals surface area contributed by atoms with Crippen molar-refractivity contribution in [2.24, 2.45) is 0 Å². The predicted octanol–water partition coefficient (Wildman–Crippen LogP) is -0.928. The molecule has 3 heteroatoms. The van der Waals surface area contributed by atoms with E-state index in [2.05, 4.69) is 6.07 Å². The second kappa shape index (κ2) is 6.47. The number of hydrogen-bond donors (Lipinski definition) is 0. The molecule has 1 rings (SSSR count). The van der Waals surface area contributed by atoms with Gasteiger partial charge in [0.1, 0.15) is 0 Å². The molecule has 0 saturated carbocycles. The van der Waals surface area contributed by atoms with E-state index in [1.54, 1.807) is 0 Å². The molecular weight excluding hydrogens is 224 g/mol. The van der Waals surface area contributed by atoms with Gasteiger partial charge in [-0.25, -0.2) is 0 Å². The zero-order chi connectivity index (χ0) is 5.98. The summed E-state index contributed by atoms with van der Waals surface area (Å²) in [5.74, 6) is 0. The molecule has 0 spiro atoms. The molecule has 10 heavy (non-hydrogen) atoms. The largest absolute Gasteiger partial charge is 2.00 e. The van der Waals surface area contributed by atoms with E-state index in [1.165, 1.54) is 0 Å². The van der Waals surface area contributed by atoms with Gasteiger partial charge in [-0.2, -0.15) is 35.9 Å². The van der Waals surface area contributed by atoms with Crippen LogP contribution >= 0.6 is 11.6 Å². The molecule has 0 atom stereocenters. The van der Waals surface area contributed by atoms with Crippen LogP contribution in [-0.4, -0.2) is 23.1 Å². The summed E-state index contributed by atoms with van der Waals surface area (Å²) in [5, 5.41) is 0.785. The fraction of sp³-hybridized carbons (Fsp3) is 0.143. The first-order valence-electron chi connectivity index (χ1n) is 2.43. The molecule has 1 aromatic carbocycles. The Morgan fingerprint density at radius 3 is 2.40 bits per heavy atom. The maximum absolute atomic E-state index is 5.68. The van der Waals surface area contributed by atoms with Crippen molar-refractivity contribution in [2.75, 3.05) is 0 Å². The number of rotatable bonds is 0. The standard InChI is InChI=1S/C7H6Cl.BrH.Mg/c1-6-4-2-3-5-7(6)8;;/h2-3,5H,1H3;1H;/q-1;;+2/p-1. The predicted molar refractivity (Wildman–Crippen MR) is 40.8 cm³/mol. The Labute approximate surface area is 92.9 Å². The first-order valence-corrected chi connectivity index (χ1v) is 2.81. The van der Waals surface area contributed by atoms with Crippen molar-refractivity contribution >= 4 is 34.7 Å². The van der Waals surface area contributed by atoms with Crippen LogP contribution in [0.3, 0.4) is 0 Å². The van der Waals surface area contributed by atoms with Gasteiger partial charge in [0.25, 0.3) is 0 Å². The van der Waals surface area contributed by atoms with Crippen LogP contribution in [0.15, 0.2) is 18.2 Å². The molecule has 0 aliphatic carbocycles. The summed E-state index contributed by atoms with van der Waals surface area (Å²) >= 11 is 5.68. The number of aryl methyl sites for hydroxylation is 1. The van der Waals surface area contributed by atoms with Gasteiger partial charge in [-0.1, -0.05) is 11.9 Å². The molecule has 0 heterocycles. The molecule has 0 aliphatic heterocycles. The van der Waals surface area contributed by atoms with Gasteiger partial charge in [-0.15, -0.1) is 5.56 Å². The van der Waals surface area contributed by atoms with E-state index >= 15 is 0 Å². The van der Waals surface area contributed by atoms with E-state index in [4.69, 9.17) is 11.6 Å². The Bertz CT molecular complexity index is 170. The molecule has 0 fully saturated rings. The van der Waals surface area contributed by atoms with Gasteiger partial charge in [-0.05, 0) is 0 Å². The molecular formula is C7H6BrClMg. The Hall–Kier alpha value is 0.756. The van der Waals surface area contributed by atoms with Crippen molar-refractivity contribution in [1.82, 2.24) is 0 Å². The molecule has 0 bridgehead atoms. The third kappa shape index (κ3) is 3.81. The Morgan fingerprint density at radius 1 is 1.50 bits per heavy atom. The van der Waals surface area contributed by atoms with Gasteiger partial charge in [0.05, 0.1) is 0 Å². The van der Waals surface area contributed by atoms with Crippen molar-refractivity contribution in [3.05, 3.63) is 34.9 Å². The van der Waals surface area contributed by atoms with Crippen LogP contribution in [0.1, 0.15) is 5.56 Å². The molecule has 0 aromatic heterocycles. The van der Waals surface area contributed by atoms with Crippen molar-refractivity contribution in [1.29, 1.82) is 0 Å². The Kier molecular flexibility index (Phi) is 8.63.